The van der Waals surface area contributed by atoms with Gasteiger partial charge in [0.15, 0.2) is 0 Å². The van der Waals surface area contributed by atoms with Gasteiger partial charge in [-0.25, -0.2) is 0 Å². The van der Waals surface area contributed by atoms with Gasteiger partial charge >= 0.3 is 0 Å². The molecule has 108 valence electrons. The number of aryl methyl sites for hydroxylation is 1. The molecular weight excluding hydrogens is 252 g/mol. The minimum absolute atomic E-state index is 0.0710. The van der Waals surface area contributed by atoms with E-state index in [4.69, 9.17) is 4.74 Å². The zero-order chi connectivity index (χ0) is 14.5. The van der Waals surface area contributed by atoms with E-state index in [0.29, 0.717) is 0 Å². The molecule has 0 aliphatic carbocycles. The van der Waals surface area contributed by atoms with Crippen LogP contribution < -0.4 is 4.74 Å². The van der Waals surface area contributed by atoms with Crippen LogP contribution in [0.2, 0.25) is 0 Å². The monoisotopic (exact) mass is 274 g/mol. The summed E-state index contributed by atoms with van der Waals surface area (Å²) >= 11 is 0. The zero-order valence-corrected chi connectivity index (χ0v) is 12.4. The van der Waals surface area contributed by atoms with E-state index in [1.807, 2.05) is 36.1 Å². The average Bonchev–Trinajstić information content (AvgIpc) is 2.45. The fourth-order valence-electron chi connectivity index (χ4n) is 2.28. The van der Waals surface area contributed by atoms with Gasteiger partial charge in [0.05, 0.1) is 7.11 Å². The van der Waals surface area contributed by atoms with Crippen LogP contribution in [-0.2, 0) is 4.79 Å². The van der Waals surface area contributed by atoms with Gasteiger partial charge in [-0.1, -0.05) is 11.6 Å². The molecule has 0 radical (unpaired) electrons. The van der Waals surface area contributed by atoms with E-state index in [1.54, 1.807) is 13.2 Å². The van der Waals surface area contributed by atoms with Gasteiger partial charge in [-0.3, -0.25) is 4.79 Å². The third-order valence-electron chi connectivity index (χ3n) is 3.61. The number of carbonyl (C=O) groups excluding carboxylic acids is 1. The molecule has 20 heavy (non-hydrogen) atoms. The molecule has 0 spiro atoms. The first-order chi connectivity index (χ1) is 9.60. The van der Waals surface area contributed by atoms with Crippen LogP contribution in [0.15, 0.2) is 24.3 Å². The number of hydrogen-bond donors (Lipinski definition) is 0. The Hall–Kier alpha value is -1.81. The van der Waals surface area contributed by atoms with Crippen LogP contribution in [0, 0.1) is 6.92 Å². The van der Waals surface area contributed by atoms with Crippen molar-refractivity contribution in [2.24, 2.45) is 0 Å². The Balaban J connectivity index is 2.05. The SMILES string of the molecule is COc1ccc(C)cc1C=CC(=O)N1CCN(C)CC1. The first-order valence-electron chi connectivity index (χ1n) is 6.90. The Labute approximate surface area is 120 Å². The normalized spacial score (nSPS) is 16.6. The van der Waals surface area contributed by atoms with Gasteiger partial charge in [-0.2, -0.15) is 0 Å². The minimum atomic E-state index is 0.0710. The molecular formula is C16H22N2O2. The lowest BCUT2D eigenvalue weighted by Gasteiger charge is -2.31. The van der Waals surface area contributed by atoms with E-state index in [0.717, 1.165) is 43.1 Å². The molecule has 4 nitrogen and oxygen atoms in total. The summed E-state index contributed by atoms with van der Waals surface area (Å²) in [5.74, 6) is 0.861. The number of rotatable bonds is 3. The highest BCUT2D eigenvalue weighted by Gasteiger charge is 2.16. The summed E-state index contributed by atoms with van der Waals surface area (Å²) in [5.41, 5.74) is 2.09. The van der Waals surface area contributed by atoms with E-state index in [9.17, 15) is 4.79 Å². The van der Waals surface area contributed by atoms with Crippen LogP contribution in [0.5, 0.6) is 5.75 Å². The number of likely N-dealkylation sites (N-methyl/N-ethyl adjacent to an activating group) is 1. The highest BCUT2D eigenvalue weighted by Crippen LogP contribution is 2.21. The Bertz CT molecular complexity index is 503. The van der Waals surface area contributed by atoms with Gasteiger partial charge in [0.2, 0.25) is 5.91 Å². The molecule has 4 heteroatoms. The highest BCUT2D eigenvalue weighted by atomic mass is 16.5. The highest BCUT2D eigenvalue weighted by molar-refractivity contribution is 5.92. The van der Waals surface area contributed by atoms with Crippen LogP contribution >= 0.6 is 0 Å². The first-order valence-corrected chi connectivity index (χ1v) is 6.90. The average molecular weight is 274 g/mol. The lowest BCUT2D eigenvalue weighted by Crippen LogP contribution is -2.46. The zero-order valence-electron chi connectivity index (χ0n) is 12.4. The number of piperazine rings is 1. The molecule has 0 N–H and O–H groups in total. The van der Waals surface area contributed by atoms with Crippen LogP contribution in [0.3, 0.4) is 0 Å². The second kappa shape index (κ2) is 6.57. The number of benzene rings is 1. The predicted molar refractivity (Wildman–Crippen MR) is 80.8 cm³/mol. The molecule has 1 amide bonds. The fraction of sp³-hybridized carbons (Fsp3) is 0.438. The molecule has 0 saturated carbocycles. The molecule has 1 saturated heterocycles. The van der Waals surface area contributed by atoms with Gasteiger partial charge in [-0.05, 0) is 32.2 Å². The van der Waals surface area contributed by atoms with Gasteiger partial charge < -0.3 is 14.5 Å². The second-order valence-corrected chi connectivity index (χ2v) is 5.21. The summed E-state index contributed by atoms with van der Waals surface area (Å²) in [6.45, 7) is 5.50. The topological polar surface area (TPSA) is 32.8 Å². The van der Waals surface area contributed by atoms with Crippen molar-refractivity contribution in [2.75, 3.05) is 40.3 Å². The van der Waals surface area contributed by atoms with Crippen LogP contribution in [0.4, 0.5) is 0 Å². The molecule has 0 aromatic heterocycles. The van der Waals surface area contributed by atoms with Crippen molar-refractivity contribution < 1.29 is 9.53 Å². The maximum atomic E-state index is 12.1. The second-order valence-electron chi connectivity index (χ2n) is 5.21. The van der Waals surface area contributed by atoms with Crippen molar-refractivity contribution in [3.63, 3.8) is 0 Å². The lowest BCUT2D eigenvalue weighted by molar-refractivity contribution is -0.127. The fourth-order valence-corrected chi connectivity index (χ4v) is 2.28. The van der Waals surface area contributed by atoms with Gasteiger partial charge in [-0.15, -0.1) is 0 Å². The maximum absolute atomic E-state index is 12.1. The van der Waals surface area contributed by atoms with E-state index in [2.05, 4.69) is 11.9 Å². The summed E-state index contributed by atoms with van der Waals surface area (Å²) < 4.78 is 5.31. The van der Waals surface area contributed by atoms with E-state index < -0.39 is 0 Å². The van der Waals surface area contributed by atoms with Gasteiger partial charge in [0.25, 0.3) is 0 Å². The third-order valence-corrected chi connectivity index (χ3v) is 3.61. The number of carbonyl (C=O) groups is 1. The quantitative estimate of drug-likeness (QED) is 0.788. The number of ether oxygens (including phenoxy) is 1. The molecule has 0 unspecified atom stereocenters. The molecule has 0 bridgehead atoms. The predicted octanol–water partition coefficient (Wildman–Crippen LogP) is 1.79. The Kier molecular flexibility index (Phi) is 4.79. The summed E-state index contributed by atoms with van der Waals surface area (Å²) in [5, 5.41) is 0. The smallest absolute Gasteiger partial charge is 0.246 e. The summed E-state index contributed by atoms with van der Waals surface area (Å²) in [6, 6.07) is 5.94. The standard InChI is InChI=1S/C16H22N2O2/c1-13-4-6-15(20-3)14(12-13)5-7-16(19)18-10-8-17(2)9-11-18/h4-7,12H,8-11H2,1-3H3. The maximum Gasteiger partial charge on any atom is 0.246 e. The lowest BCUT2D eigenvalue weighted by atomic mass is 10.1. The van der Waals surface area contributed by atoms with Crippen molar-refractivity contribution >= 4 is 12.0 Å². The minimum Gasteiger partial charge on any atom is -0.496 e. The van der Waals surface area contributed by atoms with Gasteiger partial charge in [0, 0.05) is 37.8 Å². The first kappa shape index (κ1) is 14.6. The molecule has 1 aromatic rings. The van der Waals surface area contributed by atoms with Crippen molar-refractivity contribution in [3.05, 3.63) is 35.4 Å². The summed E-state index contributed by atoms with van der Waals surface area (Å²) in [6.07, 6.45) is 3.48. The summed E-state index contributed by atoms with van der Waals surface area (Å²) in [4.78, 5) is 16.3. The molecule has 1 fully saturated rings. The van der Waals surface area contributed by atoms with E-state index >= 15 is 0 Å². The molecule has 1 aliphatic heterocycles. The number of nitrogens with zero attached hydrogens (tertiary/aromatic N) is 2. The number of amides is 1. The van der Waals surface area contributed by atoms with Crippen LogP contribution in [0.1, 0.15) is 11.1 Å². The molecule has 1 aromatic carbocycles. The van der Waals surface area contributed by atoms with Crippen molar-refractivity contribution in [2.45, 2.75) is 6.92 Å². The molecule has 2 rings (SSSR count). The van der Waals surface area contributed by atoms with E-state index in [-0.39, 0.29) is 5.91 Å². The van der Waals surface area contributed by atoms with Crippen molar-refractivity contribution in [1.29, 1.82) is 0 Å². The molecule has 1 aliphatic rings. The van der Waals surface area contributed by atoms with Crippen molar-refractivity contribution in [1.82, 2.24) is 9.80 Å². The van der Waals surface area contributed by atoms with E-state index in [1.165, 1.54) is 0 Å². The number of hydrogen-bond acceptors (Lipinski definition) is 3. The van der Waals surface area contributed by atoms with Gasteiger partial charge in [0.1, 0.15) is 5.75 Å². The summed E-state index contributed by atoms with van der Waals surface area (Å²) in [7, 11) is 3.72. The largest absolute Gasteiger partial charge is 0.496 e. The molecule has 1 heterocycles. The van der Waals surface area contributed by atoms with Crippen LogP contribution in [0.25, 0.3) is 6.08 Å². The Morgan fingerprint density at radius 2 is 1.95 bits per heavy atom. The van der Waals surface area contributed by atoms with Crippen LogP contribution in [-0.4, -0.2) is 56.0 Å². The Morgan fingerprint density at radius 3 is 2.60 bits per heavy atom. The molecule has 0 atom stereocenters. The Morgan fingerprint density at radius 1 is 1.25 bits per heavy atom. The number of methoxy groups -OCH3 is 1. The third kappa shape index (κ3) is 3.61. The van der Waals surface area contributed by atoms with Crippen molar-refractivity contribution in [3.8, 4) is 5.75 Å².